The number of halogens is 7. The molecule has 7 aromatic carbocycles. The predicted molar refractivity (Wildman–Crippen MR) is 481 cm³/mol. The van der Waals surface area contributed by atoms with E-state index in [2.05, 4.69) is 37.2 Å². The van der Waals surface area contributed by atoms with Crippen LogP contribution in [0.1, 0.15) is 38.9 Å². The summed E-state index contributed by atoms with van der Waals surface area (Å²) in [7, 11) is 0. The van der Waals surface area contributed by atoms with Gasteiger partial charge < -0.3 is 175 Å². The second kappa shape index (κ2) is 48.1. The Morgan fingerprint density at radius 2 is 0.263 bits per heavy atom. The molecule has 0 amide bonds. The van der Waals surface area contributed by atoms with Gasteiger partial charge >= 0.3 is 0 Å². The number of aliphatic hydroxyl groups excluding tert-OH is 14. The molecule has 0 aromatic heterocycles. The van der Waals surface area contributed by atoms with Crippen molar-refractivity contribution in [2.45, 2.75) is 261 Å². The van der Waals surface area contributed by atoms with Crippen molar-refractivity contribution in [3.05, 3.63) is 244 Å². The summed E-state index contributed by atoms with van der Waals surface area (Å²) < 4.78 is 92.6. The van der Waals surface area contributed by atoms with Crippen molar-refractivity contribution in [1.29, 1.82) is 0 Å². The van der Waals surface area contributed by atoms with Crippen LogP contribution in [0, 0.1) is 0 Å². The van der Waals surface area contributed by atoms with Gasteiger partial charge in [-0.2, -0.15) is 0 Å². The fraction of sp³-hybridized carbons (Fsp3) is 0.538. The summed E-state index contributed by atoms with van der Waals surface area (Å²) in [6.45, 7) is -0.833. The Balaban J connectivity index is 0.798. The second-order valence-corrected chi connectivity index (χ2v) is 37.2. The van der Waals surface area contributed by atoms with Crippen LogP contribution in [-0.4, -0.2) is 332 Å². The largest absolute Gasteiger partial charge is 0.387 e. The van der Waals surface area contributed by atoms with E-state index < -0.39 is 215 Å². The molecule has 7 aromatic rings. The summed E-state index contributed by atoms with van der Waals surface area (Å²) in [5.74, 6) is 0. The molecule has 21 aliphatic heterocycles. The molecular formula is C91H112Cl7N7O28. The van der Waals surface area contributed by atoms with Crippen LogP contribution in [0.3, 0.4) is 0 Å². The third-order valence-corrected chi connectivity index (χ3v) is 26.4. The fourth-order valence-corrected chi connectivity index (χ4v) is 18.1. The topological polar surface area (TPSA) is 497 Å². The summed E-state index contributed by atoms with van der Waals surface area (Å²) in [6.07, 6.45) is -65.4. The number of aliphatic hydroxyl groups is 14. The van der Waals surface area contributed by atoms with Gasteiger partial charge in [0.1, 0.15) is 171 Å². The lowest BCUT2D eigenvalue weighted by Crippen LogP contribution is -2.69. The Hall–Kier alpha value is -4.83. The molecule has 1 unspecified atom stereocenters. The van der Waals surface area contributed by atoms with E-state index >= 15 is 0 Å². The molecule has 0 saturated carbocycles. The maximum absolute atomic E-state index is 12.7. The highest BCUT2D eigenvalue weighted by molar-refractivity contribution is 6.32. The van der Waals surface area contributed by atoms with Crippen molar-refractivity contribution >= 4 is 81.2 Å². The lowest BCUT2D eigenvalue weighted by Gasteiger charge is -2.50. The SMILES string of the molecule is O[C@@H]1[C@@H](O)[C@H]2O[C@H]3[C@H](O)[C@@H](O)[C@@H](O[C@H]4[C@H](O)[C@@H](O)[C@@H](O[C@H]5[C@H](O)[C@@H](O)[C@@H](O[C@H]6[C@H](O)[C@@H](O)[C@@H](O[C@H]7[C@H](O)[C@@H](O)[C@@H](O[C@H]8[C@H](O)[C@@H](O)C(O[C@@H]1[C@@H](CNCc1ccc(Cl)cc1)O2)O[C@@H]8CNCc1ccc(Cl)cc1)O[C@@H]7CNCc1ccc(Cl)cc1)O[C@@H]6CNCc1ccc(Cl)cc1)O[C@@H]5CNCc1ccc(Cl)cc1)O[C@@H]4CNCc1ccc(Cl)cc1)O[C@@H]3CNCc1ccc(Cl)cc1. The molecule has 35 atom stereocenters. The van der Waals surface area contributed by atoms with E-state index in [1.807, 2.05) is 0 Å². The number of benzene rings is 7. The molecule has 0 radical (unpaired) electrons. The summed E-state index contributed by atoms with van der Waals surface area (Å²) in [4.78, 5) is 0. The molecule has 21 fully saturated rings. The van der Waals surface area contributed by atoms with Crippen molar-refractivity contribution in [3.63, 3.8) is 0 Å². The van der Waals surface area contributed by atoms with E-state index in [4.69, 9.17) is 148 Å². The van der Waals surface area contributed by atoms with Gasteiger partial charge in [-0.3, -0.25) is 0 Å². The zero-order chi connectivity index (χ0) is 93.8. The Morgan fingerprint density at radius 3 is 0.368 bits per heavy atom. The Bertz CT molecular complexity index is 3910. The molecule has 21 heterocycles. The highest BCUT2D eigenvalue weighted by atomic mass is 35.5. The first-order chi connectivity index (χ1) is 64.0. The smallest absolute Gasteiger partial charge is 0.187 e. The maximum atomic E-state index is 12.7. The Kier molecular flexibility index (Phi) is 37.1. The molecule has 14 bridgehead atoms. The van der Waals surface area contributed by atoms with Gasteiger partial charge in [-0.1, -0.05) is 166 Å². The quantitative estimate of drug-likeness (QED) is 0.0333. The van der Waals surface area contributed by atoms with E-state index in [9.17, 15) is 71.5 Å². The maximum Gasteiger partial charge on any atom is 0.187 e. The van der Waals surface area contributed by atoms with Gasteiger partial charge in [-0.05, 0) is 124 Å². The normalized spacial score (nSPS) is 36.9. The van der Waals surface area contributed by atoms with Crippen molar-refractivity contribution in [3.8, 4) is 0 Å². The summed E-state index contributed by atoms with van der Waals surface area (Å²) in [5.41, 5.74) is 5.10. The molecule has 133 heavy (non-hydrogen) atoms. The van der Waals surface area contributed by atoms with Crippen LogP contribution < -0.4 is 37.2 Å². The molecule has 0 spiro atoms. The van der Waals surface area contributed by atoms with Gasteiger partial charge in [-0.25, -0.2) is 0 Å². The zero-order valence-electron chi connectivity index (χ0n) is 71.4. The highest BCUT2D eigenvalue weighted by Crippen LogP contribution is 2.41. The van der Waals surface area contributed by atoms with E-state index in [1.54, 1.807) is 170 Å². The first kappa shape index (κ1) is 103. The van der Waals surface area contributed by atoms with Crippen LogP contribution in [0.15, 0.2) is 170 Å². The number of rotatable bonds is 28. The van der Waals surface area contributed by atoms with E-state index in [0.29, 0.717) is 35.2 Å². The summed E-state index contributed by atoms with van der Waals surface area (Å²) in [6, 6.07) is 48.0. The van der Waals surface area contributed by atoms with Crippen molar-refractivity contribution in [2.75, 3.05) is 45.8 Å². The van der Waals surface area contributed by atoms with Gasteiger partial charge in [0.25, 0.3) is 0 Å². The van der Waals surface area contributed by atoms with Crippen molar-refractivity contribution < 1.29 is 138 Å². The van der Waals surface area contributed by atoms with Crippen molar-refractivity contribution in [1.82, 2.24) is 37.2 Å². The standard InChI is InChI=1S/C91H112Cl7N7O28/c92-50-15-1-43(2-16-50)29-99-36-57-78-64(106)71(113)85(120-57)128-79-58(37-100-30-44-3-17-51(93)18-4-44)122-87(73(115)66(79)108)130-81-60(39-102-32-46-7-21-53(95)22-8-46)124-89(75(117)68(81)110)132-83-62(41-104-34-48-11-25-55(97)26-12-48)126-91(77(119)70(83)112)133-84-63(42-105-35-49-13-27-56(98)28-14-49)125-90(76(118)69(84)111)131-82-61(40-103-33-47-9-23-54(96)24-10-47)123-88(74(116)67(82)109)129-80-59(121-86(127-78)72(114)65(80)107)38-101-31-45-5-19-52(94)20-6-45/h1-28,57-91,99-119H,29-42H2/t57-,58-,59-,60-,61-,62-,63-,64-,65-,66-,67-,68-,69-,70-,71-,72-,73-,74-,75-,76-,77-,78-,79-,80-,81-,82-,83-,84-,85-,86-,87-,88-,89-,90-,91?/m1/s1. The number of hydrogen-bond acceptors (Lipinski definition) is 35. The van der Waals surface area contributed by atoms with Crippen LogP contribution in [-0.2, 0) is 112 Å². The van der Waals surface area contributed by atoms with Gasteiger partial charge in [0.15, 0.2) is 44.0 Å². The van der Waals surface area contributed by atoms with E-state index in [-0.39, 0.29) is 91.6 Å². The number of hydrogen-bond donors (Lipinski definition) is 21. The molecule has 0 aliphatic carbocycles. The predicted octanol–water partition coefficient (Wildman–Crippen LogP) is 1.93. The first-order valence-electron chi connectivity index (χ1n) is 43.9. The molecular weight excluding hydrogens is 1890 g/mol. The summed E-state index contributed by atoms with van der Waals surface area (Å²) in [5, 5.41) is 203. The highest BCUT2D eigenvalue weighted by Gasteiger charge is 2.60. The van der Waals surface area contributed by atoms with Crippen LogP contribution in [0.4, 0.5) is 0 Å². The fourth-order valence-electron chi connectivity index (χ4n) is 17.3. The van der Waals surface area contributed by atoms with Crippen molar-refractivity contribution in [2.24, 2.45) is 0 Å². The third kappa shape index (κ3) is 26.3. The average Bonchev–Trinajstić information content (AvgIpc) is 0.886. The monoisotopic (exact) mass is 2000 g/mol. The first-order valence-corrected chi connectivity index (χ1v) is 46.5. The minimum absolute atomic E-state index is 0.133. The molecule has 28 rings (SSSR count). The van der Waals surface area contributed by atoms with Gasteiger partial charge in [0.2, 0.25) is 0 Å². The third-order valence-electron chi connectivity index (χ3n) is 24.6. The van der Waals surface area contributed by atoms with Crippen LogP contribution >= 0.6 is 81.2 Å². The number of ether oxygens (including phenoxy) is 14. The van der Waals surface area contributed by atoms with E-state index in [1.165, 1.54) is 0 Å². The Labute approximate surface area is 801 Å². The second-order valence-electron chi connectivity index (χ2n) is 34.2. The lowest BCUT2D eigenvalue weighted by atomic mass is 9.94. The van der Waals surface area contributed by atoms with Crippen LogP contribution in [0.25, 0.3) is 0 Å². The molecule has 35 nitrogen and oxygen atoms in total. The van der Waals surface area contributed by atoms with Crippen LogP contribution in [0.5, 0.6) is 0 Å². The molecule has 21 N–H and O–H groups in total. The Morgan fingerprint density at radius 1 is 0.158 bits per heavy atom. The number of nitrogens with one attached hydrogen (secondary N) is 7. The molecule has 21 saturated heterocycles. The average molecular weight is 2000 g/mol. The molecule has 728 valence electrons. The van der Waals surface area contributed by atoms with Gasteiger partial charge in [-0.15, -0.1) is 0 Å². The van der Waals surface area contributed by atoms with Gasteiger partial charge in [0.05, 0.1) is 0 Å². The minimum Gasteiger partial charge on any atom is -0.387 e. The van der Waals surface area contributed by atoms with E-state index in [0.717, 1.165) is 38.9 Å². The molecule has 42 heteroatoms. The van der Waals surface area contributed by atoms with Gasteiger partial charge in [0, 0.05) is 127 Å². The minimum atomic E-state index is -2.14. The van der Waals surface area contributed by atoms with Crippen LogP contribution in [0.2, 0.25) is 35.2 Å². The lowest BCUT2D eigenvalue weighted by molar-refractivity contribution is -0.392. The molecule has 21 aliphatic rings. The summed E-state index contributed by atoms with van der Waals surface area (Å²) >= 11 is 44.1. The zero-order valence-corrected chi connectivity index (χ0v) is 76.7.